The van der Waals surface area contributed by atoms with Crippen LogP contribution in [0.1, 0.15) is 17.2 Å². The predicted molar refractivity (Wildman–Crippen MR) is 68.4 cm³/mol. The van der Waals surface area contributed by atoms with Crippen molar-refractivity contribution in [3.8, 4) is 0 Å². The van der Waals surface area contributed by atoms with Gasteiger partial charge in [0, 0.05) is 11.1 Å². The van der Waals surface area contributed by atoms with Crippen LogP contribution in [0, 0.1) is 5.82 Å². The van der Waals surface area contributed by atoms with Gasteiger partial charge in [-0.05, 0) is 35.6 Å². The van der Waals surface area contributed by atoms with Gasteiger partial charge in [-0.15, -0.1) is 11.8 Å². The number of hydrogen-bond donors (Lipinski definition) is 1. The van der Waals surface area contributed by atoms with Crippen LogP contribution in [0.3, 0.4) is 0 Å². The van der Waals surface area contributed by atoms with Crippen molar-refractivity contribution < 1.29 is 4.39 Å². The highest BCUT2D eigenvalue weighted by molar-refractivity contribution is 7.98. The molecule has 4 heteroatoms. The number of thioether (sulfide) groups is 1. The quantitative estimate of drug-likeness (QED) is 0.849. The van der Waals surface area contributed by atoms with Crippen LogP contribution in [-0.2, 0) is 0 Å². The summed E-state index contributed by atoms with van der Waals surface area (Å²) in [5, 5.41) is 0. The summed E-state index contributed by atoms with van der Waals surface area (Å²) >= 11 is 1.67. The lowest BCUT2D eigenvalue weighted by Crippen LogP contribution is -2.12. The van der Waals surface area contributed by atoms with Gasteiger partial charge in [0.2, 0.25) is 0 Å². The van der Waals surface area contributed by atoms with Gasteiger partial charge in [-0.2, -0.15) is 0 Å². The minimum absolute atomic E-state index is 0.339. The van der Waals surface area contributed by atoms with E-state index in [1.54, 1.807) is 18.0 Å². The number of hydrogen-bond acceptors (Lipinski definition) is 3. The Morgan fingerprint density at radius 3 is 2.47 bits per heavy atom. The molecule has 2 rings (SSSR count). The fraction of sp³-hybridized carbons (Fsp3) is 0.154. The standard InChI is InChI=1S/C13H13FN2S/c1-17-12-4-2-9(3-5-12)13(15)10-6-11(14)8-16-7-10/h2-8,13H,15H2,1H3. The largest absolute Gasteiger partial charge is 0.320 e. The maximum absolute atomic E-state index is 13.0. The van der Waals surface area contributed by atoms with Crippen molar-refractivity contribution in [1.82, 2.24) is 4.98 Å². The lowest BCUT2D eigenvalue weighted by Gasteiger charge is -2.12. The first kappa shape index (κ1) is 12.1. The van der Waals surface area contributed by atoms with E-state index >= 15 is 0 Å². The minimum Gasteiger partial charge on any atom is -0.320 e. The van der Waals surface area contributed by atoms with Gasteiger partial charge in [-0.25, -0.2) is 4.39 Å². The Bertz CT molecular complexity index is 499. The fourth-order valence-corrected chi connectivity index (χ4v) is 2.01. The highest BCUT2D eigenvalue weighted by Gasteiger charge is 2.09. The number of nitrogens with zero attached hydrogens (tertiary/aromatic N) is 1. The van der Waals surface area contributed by atoms with E-state index in [9.17, 15) is 4.39 Å². The molecule has 1 aromatic heterocycles. The molecule has 2 nitrogen and oxygen atoms in total. The van der Waals surface area contributed by atoms with E-state index in [4.69, 9.17) is 5.73 Å². The van der Waals surface area contributed by atoms with Crippen LogP contribution in [0.15, 0.2) is 47.6 Å². The normalized spacial score (nSPS) is 12.4. The fourth-order valence-electron chi connectivity index (χ4n) is 1.60. The minimum atomic E-state index is -0.362. The Morgan fingerprint density at radius 2 is 1.88 bits per heavy atom. The van der Waals surface area contributed by atoms with E-state index in [0.717, 1.165) is 5.56 Å². The molecule has 1 heterocycles. The predicted octanol–water partition coefficient (Wildman–Crippen LogP) is 2.99. The molecule has 1 atom stereocenters. The molecule has 0 saturated heterocycles. The number of halogens is 1. The molecule has 0 aliphatic carbocycles. The van der Waals surface area contributed by atoms with Crippen LogP contribution in [0.25, 0.3) is 0 Å². The zero-order valence-electron chi connectivity index (χ0n) is 9.43. The van der Waals surface area contributed by atoms with Crippen LogP contribution >= 0.6 is 11.8 Å². The van der Waals surface area contributed by atoms with Crippen molar-refractivity contribution in [3.05, 3.63) is 59.7 Å². The van der Waals surface area contributed by atoms with Crippen LogP contribution < -0.4 is 5.73 Å². The molecule has 0 bridgehead atoms. The zero-order valence-corrected chi connectivity index (χ0v) is 10.2. The molecule has 0 radical (unpaired) electrons. The van der Waals surface area contributed by atoms with Crippen molar-refractivity contribution in [2.45, 2.75) is 10.9 Å². The molecule has 17 heavy (non-hydrogen) atoms. The first-order valence-corrected chi connectivity index (χ1v) is 6.43. The molecule has 0 fully saturated rings. The number of benzene rings is 1. The van der Waals surface area contributed by atoms with E-state index in [0.29, 0.717) is 5.56 Å². The van der Waals surface area contributed by atoms with Crippen molar-refractivity contribution in [1.29, 1.82) is 0 Å². The van der Waals surface area contributed by atoms with E-state index in [-0.39, 0.29) is 11.9 Å². The van der Waals surface area contributed by atoms with Crippen LogP contribution in [0.2, 0.25) is 0 Å². The summed E-state index contributed by atoms with van der Waals surface area (Å²) < 4.78 is 13.0. The van der Waals surface area contributed by atoms with Crippen molar-refractivity contribution in [3.63, 3.8) is 0 Å². The zero-order chi connectivity index (χ0) is 12.3. The molecule has 2 aromatic rings. The van der Waals surface area contributed by atoms with Gasteiger partial charge < -0.3 is 5.73 Å². The molecule has 2 N–H and O–H groups in total. The third-order valence-corrected chi connectivity index (χ3v) is 3.30. The average Bonchev–Trinajstić information content (AvgIpc) is 2.38. The maximum Gasteiger partial charge on any atom is 0.141 e. The van der Waals surface area contributed by atoms with Gasteiger partial charge in [0.25, 0.3) is 0 Å². The Kier molecular flexibility index (Phi) is 3.76. The molecule has 1 unspecified atom stereocenters. The molecule has 0 spiro atoms. The first-order valence-electron chi connectivity index (χ1n) is 5.20. The third-order valence-electron chi connectivity index (χ3n) is 2.56. The smallest absolute Gasteiger partial charge is 0.141 e. The van der Waals surface area contributed by atoms with Crippen molar-refractivity contribution >= 4 is 11.8 Å². The number of pyridine rings is 1. The lowest BCUT2D eigenvalue weighted by atomic mass is 10.0. The Balaban J connectivity index is 2.27. The van der Waals surface area contributed by atoms with E-state index < -0.39 is 0 Å². The second-order valence-corrected chi connectivity index (χ2v) is 4.57. The first-order chi connectivity index (χ1) is 8.20. The maximum atomic E-state index is 13.0. The van der Waals surface area contributed by atoms with Gasteiger partial charge in [0.05, 0.1) is 12.2 Å². The monoisotopic (exact) mass is 248 g/mol. The van der Waals surface area contributed by atoms with Gasteiger partial charge in [0.1, 0.15) is 5.82 Å². The van der Waals surface area contributed by atoms with Gasteiger partial charge in [-0.1, -0.05) is 12.1 Å². The molecule has 0 aliphatic heterocycles. The topological polar surface area (TPSA) is 38.9 Å². The highest BCUT2D eigenvalue weighted by atomic mass is 32.2. The van der Waals surface area contributed by atoms with E-state index in [1.807, 2.05) is 30.5 Å². The summed E-state index contributed by atoms with van der Waals surface area (Å²) in [7, 11) is 0. The SMILES string of the molecule is CSc1ccc(C(N)c2cncc(F)c2)cc1. The molecule has 0 amide bonds. The molecule has 0 saturated carbocycles. The lowest BCUT2D eigenvalue weighted by molar-refractivity contribution is 0.616. The van der Waals surface area contributed by atoms with E-state index in [2.05, 4.69) is 4.98 Å². The Labute approximate surface area is 104 Å². The summed E-state index contributed by atoms with van der Waals surface area (Å²) in [6.45, 7) is 0. The summed E-state index contributed by atoms with van der Waals surface area (Å²) in [5.41, 5.74) is 7.70. The molecule has 88 valence electrons. The Hall–Kier alpha value is -1.39. The second-order valence-electron chi connectivity index (χ2n) is 3.69. The number of nitrogens with two attached hydrogens (primary N) is 1. The average molecular weight is 248 g/mol. The summed E-state index contributed by atoms with van der Waals surface area (Å²) in [4.78, 5) is 4.98. The molecular formula is C13H13FN2S. The summed E-state index contributed by atoms with van der Waals surface area (Å²) in [6.07, 6.45) is 4.79. The van der Waals surface area contributed by atoms with Crippen LogP contribution in [-0.4, -0.2) is 11.2 Å². The second kappa shape index (κ2) is 5.29. The van der Waals surface area contributed by atoms with Crippen molar-refractivity contribution in [2.24, 2.45) is 5.73 Å². The van der Waals surface area contributed by atoms with Crippen LogP contribution in [0.4, 0.5) is 4.39 Å². The van der Waals surface area contributed by atoms with Crippen molar-refractivity contribution in [2.75, 3.05) is 6.26 Å². The molecular weight excluding hydrogens is 235 g/mol. The van der Waals surface area contributed by atoms with Gasteiger partial charge in [-0.3, -0.25) is 4.98 Å². The summed E-state index contributed by atoms with van der Waals surface area (Å²) in [6, 6.07) is 9.01. The third kappa shape index (κ3) is 2.84. The van der Waals surface area contributed by atoms with Gasteiger partial charge >= 0.3 is 0 Å². The molecule has 0 aliphatic rings. The highest BCUT2D eigenvalue weighted by Crippen LogP contribution is 2.22. The molecule has 1 aromatic carbocycles. The number of aromatic nitrogens is 1. The Morgan fingerprint density at radius 1 is 1.18 bits per heavy atom. The van der Waals surface area contributed by atoms with E-state index in [1.165, 1.54) is 17.2 Å². The number of rotatable bonds is 3. The summed E-state index contributed by atoms with van der Waals surface area (Å²) in [5.74, 6) is -0.362. The van der Waals surface area contributed by atoms with Gasteiger partial charge in [0.15, 0.2) is 0 Å². The van der Waals surface area contributed by atoms with Crippen LogP contribution in [0.5, 0.6) is 0 Å².